The molecule has 1 rings (SSSR count). The summed E-state index contributed by atoms with van der Waals surface area (Å²) in [7, 11) is 3.35. The van der Waals surface area contributed by atoms with Crippen molar-refractivity contribution in [1.82, 2.24) is 0 Å². The standard InChI is InChI=1S/C11H15NO3/c1-7(11(13)14)8-4-5-10(15-3)9(6-8)12-2/h4-7,12H,1-3H3,(H,13,14). The van der Waals surface area contributed by atoms with Crippen molar-refractivity contribution in [2.45, 2.75) is 12.8 Å². The minimum Gasteiger partial charge on any atom is -0.495 e. The lowest BCUT2D eigenvalue weighted by Crippen LogP contribution is -2.08. The van der Waals surface area contributed by atoms with Crippen molar-refractivity contribution in [2.75, 3.05) is 19.5 Å². The van der Waals surface area contributed by atoms with E-state index in [1.807, 2.05) is 0 Å². The third kappa shape index (κ3) is 2.40. The average Bonchev–Trinajstić information content (AvgIpc) is 2.26. The summed E-state index contributed by atoms with van der Waals surface area (Å²) >= 11 is 0. The topological polar surface area (TPSA) is 58.6 Å². The van der Waals surface area contributed by atoms with Crippen LogP contribution >= 0.6 is 0 Å². The van der Waals surface area contributed by atoms with Crippen LogP contribution in [-0.4, -0.2) is 25.2 Å². The Kier molecular flexibility index (Phi) is 3.55. The zero-order chi connectivity index (χ0) is 11.4. The predicted octanol–water partition coefficient (Wildman–Crippen LogP) is 1.93. The van der Waals surface area contributed by atoms with Crippen LogP contribution in [0.25, 0.3) is 0 Å². The molecule has 2 N–H and O–H groups in total. The minimum absolute atomic E-state index is 0.511. The second-order valence-corrected chi connectivity index (χ2v) is 3.27. The zero-order valence-corrected chi connectivity index (χ0v) is 9.07. The van der Waals surface area contributed by atoms with Crippen molar-refractivity contribution in [3.8, 4) is 5.75 Å². The normalized spacial score (nSPS) is 11.9. The molecule has 0 radical (unpaired) electrons. The molecule has 82 valence electrons. The van der Waals surface area contributed by atoms with Crippen LogP contribution in [-0.2, 0) is 4.79 Å². The maximum absolute atomic E-state index is 10.8. The Bertz CT molecular complexity index is 363. The van der Waals surface area contributed by atoms with Gasteiger partial charge in [0, 0.05) is 7.05 Å². The van der Waals surface area contributed by atoms with Gasteiger partial charge in [0.15, 0.2) is 0 Å². The van der Waals surface area contributed by atoms with Gasteiger partial charge in [-0.25, -0.2) is 0 Å². The molecule has 0 aliphatic heterocycles. The van der Waals surface area contributed by atoms with Crippen LogP contribution in [0, 0.1) is 0 Å². The number of nitrogens with one attached hydrogen (secondary N) is 1. The lowest BCUT2D eigenvalue weighted by atomic mass is 10.0. The molecule has 0 aliphatic rings. The molecule has 4 nitrogen and oxygen atoms in total. The molecule has 1 atom stereocenters. The molecule has 1 aromatic carbocycles. The molecule has 15 heavy (non-hydrogen) atoms. The second-order valence-electron chi connectivity index (χ2n) is 3.27. The number of anilines is 1. The van der Waals surface area contributed by atoms with Gasteiger partial charge in [-0.1, -0.05) is 6.07 Å². The van der Waals surface area contributed by atoms with Gasteiger partial charge in [0.1, 0.15) is 5.75 Å². The molecule has 0 bridgehead atoms. The monoisotopic (exact) mass is 209 g/mol. The Labute approximate surface area is 88.9 Å². The number of methoxy groups -OCH3 is 1. The fourth-order valence-electron chi connectivity index (χ4n) is 1.33. The molecule has 0 saturated carbocycles. The zero-order valence-electron chi connectivity index (χ0n) is 9.07. The highest BCUT2D eigenvalue weighted by Crippen LogP contribution is 2.28. The van der Waals surface area contributed by atoms with Crippen molar-refractivity contribution in [1.29, 1.82) is 0 Å². The largest absolute Gasteiger partial charge is 0.495 e. The second kappa shape index (κ2) is 4.68. The maximum atomic E-state index is 10.8. The van der Waals surface area contributed by atoms with E-state index in [2.05, 4.69) is 5.32 Å². The van der Waals surface area contributed by atoms with Gasteiger partial charge in [0.05, 0.1) is 18.7 Å². The number of ether oxygens (including phenoxy) is 1. The molecule has 0 saturated heterocycles. The lowest BCUT2D eigenvalue weighted by molar-refractivity contribution is -0.138. The highest BCUT2D eigenvalue weighted by molar-refractivity contribution is 5.76. The first-order valence-electron chi connectivity index (χ1n) is 4.68. The Morgan fingerprint density at radius 3 is 2.67 bits per heavy atom. The molecule has 0 fully saturated rings. The number of hydrogen-bond acceptors (Lipinski definition) is 3. The first-order valence-corrected chi connectivity index (χ1v) is 4.68. The predicted molar refractivity (Wildman–Crippen MR) is 58.6 cm³/mol. The summed E-state index contributed by atoms with van der Waals surface area (Å²) in [5.74, 6) is -0.635. The van der Waals surface area contributed by atoms with Crippen molar-refractivity contribution >= 4 is 11.7 Å². The SMILES string of the molecule is CNc1cc(C(C)C(=O)O)ccc1OC. The van der Waals surface area contributed by atoms with Crippen LogP contribution < -0.4 is 10.1 Å². The summed E-state index contributed by atoms with van der Waals surface area (Å²) in [5.41, 5.74) is 1.55. The number of aliphatic carboxylic acids is 1. The van der Waals surface area contributed by atoms with Crippen molar-refractivity contribution in [3.63, 3.8) is 0 Å². The van der Waals surface area contributed by atoms with Crippen LogP contribution in [0.15, 0.2) is 18.2 Å². The fourth-order valence-corrected chi connectivity index (χ4v) is 1.33. The molecule has 0 spiro atoms. The summed E-state index contributed by atoms with van der Waals surface area (Å²) in [5, 5.41) is 11.8. The van der Waals surface area contributed by atoms with Crippen LogP contribution in [0.4, 0.5) is 5.69 Å². The van der Waals surface area contributed by atoms with Gasteiger partial charge >= 0.3 is 5.97 Å². The van der Waals surface area contributed by atoms with E-state index in [0.717, 1.165) is 11.3 Å². The molecule has 4 heteroatoms. The van der Waals surface area contributed by atoms with Crippen molar-refractivity contribution in [2.24, 2.45) is 0 Å². The van der Waals surface area contributed by atoms with E-state index in [9.17, 15) is 4.79 Å². The average molecular weight is 209 g/mol. The molecular formula is C11H15NO3. The first kappa shape index (κ1) is 11.4. The number of carboxylic acids is 1. The Hall–Kier alpha value is -1.71. The number of carboxylic acid groups (broad SMARTS) is 1. The lowest BCUT2D eigenvalue weighted by Gasteiger charge is -2.12. The third-order valence-corrected chi connectivity index (χ3v) is 2.36. The first-order chi connectivity index (χ1) is 7.10. The third-order valence-electron chi connectivity index (χ3n) is 2.36. The molecular weight excluding hydrogens is 194 g/mol. The van der Waals surface area contributed by atoms with Crippen molar-refractivity contribution < 1.29 is 14.6 Å². The summed E-state index contributed by atoms with van der Waals surface area (Å²) < 4.78 is 5.12. The quantitative estimate of drug-likeness (QED) is 0.795. The highest BCUT2D eigenvalue weighted by atomic mass is 16.5. The highest BCUT2D eigenvalue weighted by Gasteiger charge is 2.15. The fraction of sp³-hybridized carbons (Fsp3) is 0.364. The van der Waals surface area contributed by atoms with E-state index >= 15 is 0 Å². The summed E-state index contributed by atoms with van der Waals surface area (Å²) in [6.07, 6.45) is 0. The van der Waals surface area contributed by atoms with E-state index < -0.39 is 11.9 Å². The van der Waals surface area contributed by atoms with Gasteiger partial charge in [-0.2, -0.15) is 0 Å². The van der Waals surface area contributed by atoms with Gasteiger partial charge in [-0.3, -0.25) is 4.79 Å². The summed E-state index contributed by atoms with van der Waals surface area (Å²) in [6, 6.07) is 5.32. The smallest absolute Gasteiger partial charge is 0.310 e. The van der Waals surface area contributed by atoms with Gasteiger partial charge in [0.25, 0.3) is 0 Å². The molecule has 1 unspecified atom stereocenters. The number of benzene rings is 1. The van der Waals surface area contributed by atoms with Crippen molar-refractivity contribution in [3.05, 3.63) is 23.8 Å². The van der Waals surface area contributed by atoms with E-state index in [4.69, 9.17) is 9.84 Å². The Morgan fingerprint density at radius 1 is 1.53 bits per heavy atom. The van der Waals surface area contributed by atoms with Crippen LogP contribution in [0.1, 0.15) is 18.4 Å². The van der Waals surface area contributed by atoms with Gasteiger partial charge in [0.2, 0.25) is 0 Å². The summed E-state index contributed by atoms with van der Waals surface area (Å²) in [4.78, 5) is 10.8. The molecule has 1 aromatic rings. The van der Waals surface area contributed by atoms with Gasteiger partial charge < -0.3 is 15.2 Å². The number of rotatable bonds is 4. The Morgan fingerprint density at radius 2 is 2.20 bits per heavy atom. The van der Waals surface area contributed by atoms with Crippen LogP contribution in [0.3, 0.4) is 0 Å². The Balaban J connectivity index is 3.07. The van der Waals surface area contributed by atoms with E-state index in [-0.39, 0.29) is 0 Å². The van der Waals surface area contributed by atoms with Gasteiger partial charge in [-0.15, -0.1) is 0 Å². The number of hydrogen-bond donors (Lipinski definition) is 2. The summed E-state index contributed by atoms with van der Waals surface area (Å²) in [6.45, 7) is 1.66. The molecule has 0 heterocycles. The van der Waals surface area contributed by atoms with Gasteiger partial charge in [-0.05, 0) is 24.6 Å². The molecule has 0 aliphatic carbocycles. The van der Waals surface area contributed by atoms with E-state index in [0.29, 0.717) is 5.75 Å². The number of carbonyl (C=O) groups is 1. The van der Waals surface area contributed by atoms with E-state index in [1.54, 1.807) is 39.3 Å². The molecule has 0 amide bonds. The van der Waals surface area contributed by atoms with Crippen LogP contribution in [0.5, 0.6) is 5.75 Å². The molecule has 0 aromatic heterocycles. The minimum atomic E-state index is -0.831. The van der Waals surface area contributed by atoms with Crippen LogP contribution in [0.2, 0.25) is 0 Å². The maximum Gasteiger partial charge on any atom is 0.310 e. The van der Waals surface area contributed by atoms with E-state index in [1.165, 1.54) is 0 Å².